The summed E-state index contributed by atoms with van der Waals surface area (Å²) in [6.07, 6.45) is 0.948. The van der Waals surface area contributed by atoms with Crippen molar-refractivity contribution in [2.75, 3.05) is 5.73 Å². The number of anilines is 1. The van der Waals surface area contributed by atoms with Gasteiger partial charge in [-0.25, -0.2) is 4.98 Å². The van der Waals surface area contributed by atoms with Crippen LogP contribution in [0.4, 0.5) is 5.69 Å². The van der Waals surface area contributed by atoms with Gasteiger partial charge >= 0.3 is 0 Å². The molecule has 1 aromatic heterocycles. The van der Waals surface area contributed by atoms with E-state index in [0.29, 0.717) is 32.8 Å². The molecular formula is C15H12Cl2N2O. The van der Waals surface area contributed by atoms with E-state index in [9.17, 15) is 0 Å². The van der Waals surface area contributed by atoms with E-state index in [2.05, 4.69) is 11.9 Å². The van der Waals surface area contributed by atoms with Crippen LogP contribution in [0.5, 0.6) is 0 Å². The predicted octanol–water partition coefficient (Wildman–Crippen LogP) is 4.95. The summed E-state index contributed by atoms with van der Waals surface area (Å²) in [5.74, 6) is 0.426. The topological polar surface area (TPSA) is 52.0 Å². The molecule has 0 fully saturated rings. The smallest absolute Gasteiger partial charge is 0.229 e. The number of aromatic nitrogens is 1. The normalized spacial score (nSPS) is 11.2. The summed E-state index contributed by atoms with van der Waals surface area (Å²) in [5, 5.41) is 0.889. The zero-order valence-corrected chi connectivity index (χ0v) is 12.3. The number of halogens is 2. The fourth-order valence-electron chi connectivity index (χ4n) is 2.07. The second-order valence-electron chi connectivity index (χ2n) is 4.52. The lowest BCUT2D eigenvalue weighted by Gasteiger charge is -2.04. The van der Waals surface area contributed by atoms with Crippen LogP contribution in [-0.2, 0) is 6.42 Å². The summed E-state index contributed by atoms with van der Waals surface area (Å²) in [6.45, 7) is 2.09. The van der Waals surface area contributed by atoms with E-state index in [1.807, 2.05) is 18.2 Å². The molecule has 0 unspecified atom stereocenters. The number of fused-ring (bicyclic) bond motifs is 1. The highest BCUT2D eigenvalue weighted by Crippen LogP contribution is 2.35. The molecule has 2 aromatic carbocycles. The molecule has 1 heterocycles. The van der Waals surface area contributed by atoms with Crippen molar-refractivity contribution in [3.05, 3.63) is 45.9 Å². The molecule has 5 heteroatoms. The zero-order chi connectivity index (χ0) is 14.3. The molecule has 3 aromatic rings. The summed E-state index contributed by atoms with van der Waals surface area (Å²) in [7, 11) is 0. The van der Waals surface area contributed by atoms with E-state index >= 15 is 0 Å². The minimum Gasteiger partial charge on any atom is -0.436 e. The van der Waals surface area contributed by atoms with Gasteiger partial charge in [-0.3, -0.25) is 0 Å². The quantitative estimate of drug-likeness (QED) is 0.682. The third-order valence-corrected chi connectivity index (χ3v) is 3.72. The van der Waals surface area contributed by atoms with E-state index in [4.69, 9.17) is 33.4 Å². The summed E-state index contributed by atoms with van der Waals surface area (Å²) < 4.78 is 5.74. The molecule has 0 aliphatic carbocycles. The van der Waals surface area contributed by atoms with Crippen molar-refractivity contribution in [1.29, 1.82) is 0 Å². The molecule has 0 radical (unpaired) electrons. The second-order valence-corrected chi connectivity index (χ2v) is 5.37. The molecule has 0 aliphatic heterocycles. The van der Waals surface area contributed by atoms with E-state index in [-0.39, 0.29) is 0 Å². The van der Waals surface area contributed by atoms with Crippen molar-refractivity contribution in [3.63, 3.8) is 0 Å². The third kappa shape index (κ3) is 2.23. The fourth-order valence-corrected chi connectivity index (χ4v) is 2.56. The van der Waals surface area contributed by atoms with Gasteiger partial charge in [0.05, 0.1) is 16.3 Å². The first-order valence-corrected chi connectivity index (χ1v) is 6.98. The van der Waals surface area contributed by atoms with Crippen molar-refractivity contribution in [1.82, 2.24) is 4.98 Å². The average molecular weight is 307 g/mol. The number of nitrogens with two attached hydrogens (primary N) is 1. The highest BCUT2D eigenvalue weighted by molar-refractivity contribution is 6.37. The number of benzene rings is 2. The van der Waals surface area contributed by atoms with Crippen LogP contribution >= 0.6 is 23.2 Å². The molecule has 20 heavy (non-hydrogen) atoms. The number of hydrogen-bond donors (Lipinski definition) is 1. The molecule has 0 atom stereocenters. The lowest BCUT2D eigenvalue weighted by atomic mass is 10.1. The minimum atomic E-state index is 0.393. The molecule has 0 spiro atoms. The van der Waals surface area contributed by atoms with E-state index in [1.54, 1.807) is 12.1 Å². The summed E-state index contributed by atoms with van der Waals surface area (Å²) >= 11 is 12.0. The maximum absolute atomic E-state index is 6.04. The van der Waals surface area contributed by atoms with Crippen molar-refractivity contribution in [2.24, 2.45) is 0 Å². The van der Waals surface area contributed by atoms with Gasteiger partial charge in [-0.1, -0.05) is 36.2 Å². The lowest BCUT2D eigenvalue weighted by Crippen LogP contribution is -1.91. The lowest BCUT2D eigenvalue weighted by molar-refractivity contribution is 0.620. The maximum Gasteiger partial charge on any atom is 0.229 e. The molecule has 3 rings (SSSR count). The molecule has 0 amide bonds. The van der Waals surface area contributed by atoms with Crippen molar-refractivity contribution >= 4 is 40.0 Å². The average Bonchev–Trinajstić information content (AvgIpc) is 2.85. The Hall–Kier alpha value is -1.71. The number of nitrogens with zero attached hydrogens (tertiary/aromatic N) is 1. The highest BCUT2D eigenvalue weighted by Gasteiger charge is 2.14. The molecule has 0 aliphatic rings. The van der Waals surface area contributed by atoms with E-state index in [1.165, 1.54) is 5.56 Å². The fraction of sp³-hybridized carbons (Fsp3) is 0.133. The monoisotopic (exact) mass is 306 g/mol. The molecule has 102 valence electrons. The Balaban J connectivity index is 2.20. The van der Waals surface area contributed by atoms with Gasteiger partial charge < -0.3 is 10.2 Å². The number of rotatable bonds is 2. The van der Waals surface area contributed by atoms with Crippen LogP contribution < -0.4 is 5.73 Å². The van der Waals surface area contributed by atoms with Gasteiger partial charge in [0.1, 0.15) is 5.52 Å². The van der Waals surface area contributed by atoms with Crippen LogP contribution in [0.15, 0.2) is 34.7 Å². The molecular weight excluding hydrogens is 295 g/mol. The Morgan fingerprint density at radius 1 is 1.20 bits per heavy atom. The van der Waals surface area contributed by atoms with Crippen molar-refractivity contribution in [3.8, 4) is 11.5 Å². The third-order valence-electron chi connectivity index (χ3n) is 3.18. The highest BCUT2D eigenvalue weighted by atomic mass is 35.5. The van der Waals surface area contributed by atoms with Crippen LogP contribution in [0.2, 0.25) is 10.0 Å². The summed E-state index contributed by atoms with van der Waals surface area (Å²) in [5.41, 5.74) is 9.71. The van der Waals surface area contributed by atoms with Gasteiger partial charge in [0.15, 0.2) is 5.58 Å². The van der Waals surface area contributed by atoms with Crippen LogP contribution in [-0.4, -0.2) is 4.98 Å². The van der Waals surface area contributed by atoms with Gasteiger partial charge in [-0.2, -0.15) is 0 Å². The molecule has 2 N–H and O–H groups in total. The zero-order valence-electron chi connectivity index (χ0n) is 10.8. The van der Waals surface area contributed by atoms with E-state index < -0.39 is 0 Å². The standard InChI is InChI=1S/C15H12Cl2N2O/c1-2-8-3-4-13-12(5-8)19-15(20-13)10-6-9(16)7-11(17)14(10)18/h3-7H,2,18H2,1H3. The Bertz CT molecular complexity index is 796. The van der Waals surface area contributed by atoms with Gasteiger partial charge in [-0.05, 0) is 36.2 Å². The van der Waals surface area contributed by atoms with Crippen LogP contribution in [0.1, 0.15) is 12.5 Å². The number of nitrogen functional groups attached to an aromatic ring is 1. The minimum absolute atomic E-state index is 0.393. The largest absolute Gasteiger partial charge is 0.436 e. The van der Waals surface area contributed by atoms with E-state index in [0.717, 1.165) is 11.9 Å². The first-order chi connectivity index (χ1) is 9.58. The Morgan fingerprint density at radius 2 is 2.00 bits per heavy atom. The van der Waals surface area contributed by atoms with Crippen LogP contribution in [0, 0.1) is 0 Å². The number of aryl methyl sites for hydroxylation is 1. The first kappa shape index (κ1) is 13.3. The van der Waals surface area contributed by atoms with Crippen LogP contribution in [0.3, 0.4) is 0 Å². The van der Waals surface area contributed by atoms with Crippen LogP contribution in [0.25, 0.3) is 22.6 Å². The second kappa shape index (κ2) is 5.00. The van der Waals surface area contributed by atoms with Gasteiger partial charge in [-0.15, -0.1) is 0 Å². The SMILES string of the molecule is CCc1ccc2oc(-c3cc(Cl)cc(Cl)c3N)nc2c1. The molecule has 0 saturated carbocycles. The summed E-state index contributed by atoms with van der Waals surface area (Å²) in [4.78, 5) is 4.47. The van der Waals surface area contributed by atoms with Gasteiger partial charge in [0.25, 0.3) is 0 Å². The maximum atomic E-state index is 6.04. The van der Waals surface area contributed by atoms with Gasteiger partial charge in [0, 0.05) is 5.02 Å². The summed E-state index contributed by atoms with van der Waals surface area (Å²) in [6, 6.07) is 9.23. The first-order valence-electron chi connectivity index (χ1n) is 6.23. The van der Waals surface area contributed by atoms with Crippen molar-refractivity contribution in [2.45, 2.75) is 13.3 Å². The Kier molecular flexibility index (Phi) is 3.32. The molecule has 0 bridgehead atoms. The Labute approximate surface area is 126 Å². The Morgan fingerprint density at radius 3 is 2.75 bits per heavy atom. The van der Waals surface area contributed by atoms with Gasteiger partial charge in [0.2, 0.25) is 5.89 Å². The molecule has 3 nitrogen and oxygen atoms in total. The predicted molar refractivity (Wildman–Crippen MR) is 83.3 cm³/mol. The number of hydrogen-bond acceptors (Lipinski definition) is 3. The number of oxazole rings is 1. The molecule has 0 saturated heterocycles. The van der Waals surface area contributed by atoms with Crippen molar-refractivity contribution < 1.29 is 4.42 Å².